The van der Waals surface area contributed by atoms with Crippen molar-refractivity contribution in [2.75, 3.05) is 26.2 Å². The van der Waals surface area contributed by atoms with Crippen LogP contribution in [0.3, 0.4) is 0 Å². The molecule has 1 aromatic rings. The topological polar surface area (TPSA) is 136 Å². The van der Waals surface area contributed by atoms with Crippen LogP contribution in [0.15, 0.2) is 12.1 Å². The van der Waals surface area contributed by atoms with Crippen molar-refractivity contribution < 1.29 is 9.59 Å². The molecule has 142 valence electrons. The molecular formula is C17H31N5O2S. The second kappa shape index (κ2) is 12.8. The Kier molecular flexibility index (Phi) is 11.1. The van der Waals surface area contributed by atoms with Gasteiger partial charge in [-0.25, -0.2) is 0 Å². The van der Waals surface area contributed by atoms with E-state index in [1.54, 1.807) is 11.3 Å². The van der Waals surface area contributed by atoms with E-state index in [1.807, 2.05) is 0 Å². The number of thiophene rings is 1. The van der Waals surface area contributed by atoms with Gasteiger partial charge in [0.2, 0.25) is 11.8 Å². The molecule has 0 fully saturated rings. The van der Waals surface area contributed by atoms with Gasteiger partial charge in [-0.05, 0) is 63.7 Å². The fourth-order valence-electron chi connectivity index (χ4n) is 2.41. The summed E-state index contributed by atoms with van der Waals surface area (Å²) in [4.78, 5) is 26.4. The average Bonchev–Trinajstić information content (AvgIpc) is 3.06. The van der Waals surface area contributed by atoms with Gasteiger partial charge in [0.05, 0.1) is 6.54 Å². The zero-order valence-electron chi connectivity index (χ0n) is 14.8. The summed E-state index contributed by atoms with van der Waals surface area (Å²) in [7, 11) is 0. The van der Waals surface area contributed by atoms with E-state index >= 15 is 0 Å². The molecule has 0 aliphatic rings. The van der Waals surface area contributed by atoms with Gasteiger partial charge >= 0.3 is 0 Å². The zero-order valence-corrected chi connectivity index (χ0v) is 15.6. The lowest BCUT2D eigenvalue weighted by atomic mass is 10.1. The highest BCUT2D eigenvalue weighted by atomic mass is 32.1. The van der Waals surface area contributed by atoms with E-state index in [4.69, 9.17) is 17.2 Å². The Morgan fingerprint density at radius 1 is 1.00 bits per heavy atom. The summed E-state index contributed by atoms with van der Waals surface area (Å²) in [6, 6.07) is 3.66. The Morgan fingerprint density at radius 3 is 2.32 bits per heavy atom. The van der Waals surface area contributed by atoms with Crippen LogP contribution in [0.25, 0.3) is 0 Å². The molecule has 0 bridgehead atoms. The second-order valence-corrected chi connectivity index (χ2v) is 7.16. The van der Waals surface area contributed by atoms with Crippen LogP contribution in [0.5, 0.6) is 0 Å². The van der Waals surface area contributed by atoms with Crippen molar-refractivity contribution in [3.05, 3.63) is 21.9 Å². The zero-order chi connectivity index (χ0) is 18.5. The lowest BCUT2D eigenvalue weighted by Gasteiger charge is -2.18. The Bertz CT molecular complexity index is 521. The summed E-state index contributed by atoms with van der Waals surface area (Å²) in [5, 5.41) is 5.58. The maximum Gasteiger partial charge on any atom is 0.242 e. The first kappa shape index (κ1) is 21.6. The Hall–Kier alpha value is -1.48. The first-order valence-electron chi connectivity index (χ1n) is 8.85. The van der Waals surface area contributed by atoms with Crippen molar-refractivity contribution in [3.8, 4) is 0 Å². The minimum Gasteiger partial charge on any atom is -0.354 e. The minimum absolute atomic E-state index is 0.124. The van der Waals surface area contributed by atoms with Gasteiger partial charge in [0.25, 0.3) is 0 Å². The van der Waals surface area contributed by atoms with E-state index in [0.717, 1.165) is 32.1 Å². The van der Waals surface area contributed by atoms with E-state index in [-0.39, 0.29) is 18.4 Å². The normalized spacial score (nSPS) is 12.0. The van der Waals surface area contributed by atoms with Crippen LogP contribution in [0.2, 0.25) is 0 Å². The molecule has 1 aromatic heterocycles. The largest absolute Gasteiger partial charge is 0.354 e. The maximum atomic E-state index is 12.3. The van der Waals surface area contributed by atoms with Gasteiger partial charge in [-0.1, -0.05) is 0 Å². The smallest absolute Gasteiger partial charge is 0.242 e. The van der Waals surface area contributed by atoms with E-state index in [0.29, 0.717) is 26.1 Å². The van der Waals surface area contributed by atoms with Crippen LogP contribution >= 0.6 is 11.3 Å². The van der Waals surface area contributed by atoms with Gasteiger partial charge < -0.3 is 27.8 Å². The molecule has 0 radical (unpaired) electrons. The highest BCUT2D eigenvalue weighted by Gasteiger charge is 2.19. The Labute approximate surface area is 153 Å². The molecule has 0 aliphatic heterocycles. The Balaban J connectivity index is 2.41. The molecule has 7 nitrogen and oxygen atoms in total. The second-order valence-electron chi connectivity index (χ2n) is 5.91. The molecule has 0 aliphatic carbocycles. The number of nitrogens with two attached hydrogens (primary N) is 3. The number of carbonyl (C=O) groups is 2. The number of hydrogen-bond donors (Lipinski definition) is 5. The molecular weight excluding hydrogens is 338 g/mol. The van der Waals surface area contributed by atoms with Crippen molar-refractivity contribution in [2.24, 2.45) is 17.2 Å². The predicted molar refractivity (Wildman–Crippen MR) is 102 cm³/mol. The van der Waals surface area contributed by atoms with Crippen LogP contribution < -0.4 is 27.8 Å². The highest BCUT2D eigenvalue weighted by Crippen LogP contribution is 2.18. The van der Waals surface area contributed by atoms with Crippen LogP contribution in [-0.2, 0) is 22.4 Å². The molecule has 0 spiro atoms. The number of nitrogens with one attached hydrogen (secondary N) is 2. The number of carbonyl (C=O) groups excluding carboxylic acids is 2. The van der Waals surface area contributed by atoms with Crippen molar-refractivity contribution in [3.63, 3.8) is 0 Å². The molecule has 1 heterocycles. The summed E-state index contributed by atoms with van der Waals surface area (Å²) >= 11 is 1.76. The summed E-state index contributed by atoms with van der Waals surface area (Å²) in [5.74, 6) is -0.491. The SMILES string of the molecule is NCCCC[C@@H](NC(=O)CN)C(=O)NCCc1ccc(CCCN)s1. The number of rotatable bonds is 13. The summed E-state index contributed by atoms with van der Waals surface area (Å²) in [5.41, 5.74) is 16.3. The summed E-state index contributed by atoms with van der Waals surface area (Å²) in [6.45, 7) is 1.69. The number of amides is 2. The fraction of sp³-hybridized carbons (Fsp3) is 0.647. The third-order valence-electron chi connectivity index (χ3n) is 3.80. The van der Waals surface area contributed by atoms with Crippen molar-refractivity contribution in [1.29, 1.82) is 0 Å². The number of aryl methyl sites for hydroxylation is 1. The quantitative estimate of drug-likeness (QED) is 0.309. The summed E-state index contributed by atoms with van der Waals surface area (Å²) < 4.78 is 0. The van der Waals surface area contributed by atoms with Crippen molar-refractivity contribution in [1.82, 2.24) is 10.6 Å². The number of unbranched alkanes of at least 4 members (excludes halogenated alkanes) is 1. The number of hydrogen-bond acceptors (Lipinski definition) is 6. The van der Waals surface area contributed by atoms with E-state index in [1.165, 1.54) is 9.75 Å². The van der Waals surface area contributed by atoms with Gasteiger partial charge in [0.1, 0.15) is 6.04 Å². The van der Waals surface area contributed by atoms with E-state index < -0.39 is 6.04 Å². The Morgan fingerprint density at radius 2 is 1.68 bits per heavy atom. The standard InChI is InChI=1S/C17H31N5O2S/c18-9-2-1-5-15(22-16(23)12-20)17(24)21-11-8-14-7-6-13(25-14)4-3-10-19/h6-7,15H,1-5,8-12,18-20H2,(H,21,24)(H,22,23)/t15-/m1/s1. The van der Waals surface area contributed by atoms with Crippen LogP contribution in [0.4, 0.5) is 0 Å². The monoisotopic (exact) mass is 369 g/mol. The van der Waals surface area contributed by atoms with Crippen molar-refractivity contribution in [2.45, 2.75) is 44.6 Å². The van der Waals surface area contributed by atoms with Gasteiger partial charge in [-0.3, -0.25) is 9.59 Å². The molecule has 25 heavy (non-hydrogen) atoms. The predicted octanol–water partition coefficient (Wildman–Crippen LogP) is -0.129. The van der Waals surface area contributed by atoms with Crippen LogP contribution in [0, 0.1) is 0 Å². The lowest BCUT2D eigenvalue weighted by molar-refractivity contribution is -0.128. The first-order valence-corrected chi connectivity index (χ1v) is 9.67. The van der Waals surface area contributed by atoms with E-state index in [9.17, 15) is 9.59 Å². The third kappa shape index (κ3) is 8.97. The first-order chi connectivity index (χ1) is 12.1. The molecule has 0 saturated carbocycles. The van der Waals surface area contributed by atoms with E-state index in [2.05, 4.69) is 22.8 Å². The van der Waals surface area contributed by atoms with Crippen LogP contribution in [0.1, 0.15) is 35.4 Å². The molecule has 0 unspecified atom stereocenters. The van der Waals surface area contributed by atoms with Gasteiger partial charge in [-0.15, -0.1) is 11.3 Å². The molecule has 1 rings (SSSR count). The molecule has 8 N–H and O–H groups in total. The van der Waals surface area contributed by atoms with Crippen LogP contribution in [-0.4, -0.2) is 44.0 Å². The van der Waals surface area contributed by atoms with Gasteiger partial charge in [-0.2, -0.15) is 0 Å². The lowest BCUT2D eigenvalue weighted by Crippen LogP contribution is -2.48. The maximum absolute atomic E-state index is 12.3. The molecule has 8 heteroatoms. The van der Waals surface area contributed by atoms with Gasteiger partial charge in [0.15, 0.2) is 0 Å². The molecule has 0 aromatic carbocycles. The highest BCUT2D eigenvalue weighted by molar-refractivity contribution is 7.11. The molecule has 2 amide bonds. The van der Waals surface area contributed by atoms with Crippen molar-refractivity contribution >= 4 is 23.2 Å². The molecule has 1 atom stereocenters. The molecule has 0 saturated heterocycles. The average molecular weight is 370 g/mol. The summed E-state index contributed by atoms with van der Waals surface area (Å²) in [6.07, 6.45) is 4.94. The fourth-order valence-corrected chi connectivity index (χ4v) is 3.47. The van der Waals surface area contributed by atoms with Gasteiger partial charge in [0, 0.05) is 16.3 Å². The minimum atomic E-state index is -0.550. The third-order valence-corrected chi connectivity index (χ3v) is 5.00.